The van der Waals surface area contributed by atoms with Gasteiger partial charge in [-0.3, -0.25) is 14.5 Å². The van der Waals surface area contributed by atoms with Crippen LogP contribution in [-0.2, 0) is 11.4 Å². The molecule has 1 fully saturated rings. The lowest BCUT2D eigenvalue weighted by Crippen LogP contribution is -2.32. The number of ether oxygens (including phenoxy) is 3. The van der Waals surface area contributed by atoms with E-state index in [4.69, 9.17) is 25.8 Å². The second-order valence-corrected chi connectivity index (χ2v) is 8.85. The molecule has 1 aliphatic rings. The van der Waals surface area contributed by atoms with Gasteiger partial charge < -0.3 is 14.2 Å². The summed E-state index contributed by atoms with van der Waals surface area (Å²) in [6.45, 7) is 0.414. The van der Waals surface area contributed by atoms with E-state index in [9.17, 15) is 14.0 Å². The van der Waals surface area contributed by atoms with Crippen molar-refractivity contribution in [2.45, 2.75) is 6.61 Å². The van der Waals surface area contributed by atoms with Gasteiger partial charge in [-0.1, -0.05) is 41.9 Å². The first-order chi connectivity index (χ1) is 16.9. The van der Waals surface area contributed by atoms with Crippen molar-refractivity contribution in [3.8, 4) is 17.2 Å². The van der Waals surface area contributed by atoms with Gasteiger partial charge in [0.25, 0.3) is 11.1 Å². The van der Waals surface area contributed by atoms with E-state index in [1.807, 2.05) is 18.2 Å². The molecule has 1 heterocycles. The van der Waals surface area contributed by atoms with Crippen LogP contribution in [0.1, 0.15) is 11.1 Å². The highest BCUT2D eigenvalue weighted by atomic mass is 35.5. The van der Waals surface area contributed by atoms with E-state index in [-0.39, 0.29) is 40.7 Å². The Kier molecular flexibility index (Phi) is 7.94. The maximum absolute atomic E-state index is 13.4. The van der Waals surface area contributed by atoms with Gasteiger partial charge in [0.05, 0.1) is 23.6 Å². The molecule has 35 heavy (non-hydrogen) atoms. The molecular formula is C26H21ClFNO5S. The molecule has 0 saturated carbocycles. The fourth-order valence-corrected chi connectivity index (χ4v) is 4.50. The summed E-state index contributed by atoms with van der Waals surface area (Å²) in [5, 5.41) is -0.117. The fraction of sp³-hybridized carbons (Fsp3) is 0.154. The molecule has 6 nitrogen and oxygen atoms in total. The predicted molar refractivity (Wildman–Crippen MR) is 133 cm³/mol. The molecule has 0 aliphatic carbocycles. The van der Waals surface area contributed by atoms with E-state index in [0.29, 0.717) is 28.4 Å². The highest BCUT2D eigenvalue weighted by Gasteiger charge is 2.35. The molecule has 1 saturated heterocycles. The molecule has 0 bridgehead atoms. The highest BCUT2D eigenvalue weighted by molar-refractivity contribution is 8.18. The number of thioether (sulfide) groups is 1. The molecule has 0 radical (unpaired) electrons. The molecule has 0 spiro atoms. The Balaban J connectivity index is 1.45. The summed E-state index contributed by atoms with van der Waals surface area (Å²) in [7, 11) is 1.46. The standard InChI is InChI=1S/C26H21ClFNO5S/c1-32-22-14-18(13-21(27)24(22)34-16-17-6-5-7-19(28)12-17)15-23-25(30)29(26(31)35-23)10-11-33-20-8-3-2-4-9-20/h2-9,12-15H,10-11,16H2,1H3/b23-15-. The van der Waals surface area contributed by atoms with E-state index in [1.54, 1.807) is 42.5 Å². The molecule has 0 N–H and O–H groups in total. The van der Waals surface area contributed by atoms with Crippen LogP contribution in [0.3, 0.4) is 0 Å². The average Bonchev–Trinajstić information content (AvgIpc) is 3.11. The van der Waals surface area contributed by atoms with Crippen molar-refractivity contribution in [3.05, 3.63) is 93.6 Å². The van der Waals surface area contributed by atoms with Crippen molar-refractivity contribution in [2.24, 2.45) is 0 Å². The van der Waals surface area contributed by atoms with Crippen LogP contribution in [0, 0.1) is 5.82 Å². The van der Waals surface area contributed by atoms with Crippen LogP contribution in [0.4, 0.5) is 9.18 Å². The summed E-state index contributed by atoms with van der Waals surface area (Å²) < 4.78 is 30.2. The van der Waals surface area contributed by atoms with Gasteiger partial charge in [0.2, 0.25) is 0 Å². The van der Waals surface area contributed by atoms with E-state index in [2.05, 4.69) is 0 Å². The van der Waals surface area contributed by atoms with E-state index in [0.717, 1.165) is 16.7 Å². The Morgan fingerprint density at radius 3 is 2.57 bits per heavy atom. The van der Waals surface area contributed by atoms with Gasteiger partial charge in [-0.2, -0.15) is 0 Å². The van der Waals surface area contributed by atoms with E-state index in [1.165, 1.54) is 19.2 Å². The number of methoxy groups -OCH3 is 1. The SMILES string of the molecule is COc1cc(/C=C2\SC(=O)N(CCOc3ccccc3)C2=O)cc(Cl)c1OCc1cccc(F)c1. The minimum absolute atomic E-state index is 0.0944. The number of carbonyl (C=O) groups excluding carboxylic acids is 2. The number of hydrogen-bond donors (Lipinski definition) is 0. The van der Waals surface area contributed by atoms with Crippen LogP contribution in [0.25, 0.3) is 6.08 Å². The lowest BCUT2D eigenvalue weighted by Gasteiger charge is -2.14. The topological polar surface area (TPSA) is 65.1 Å². The number of para-hydroxylation sites is 1. The van der Waals surface area contributed by atoms with Gasteiger partial charge in [0.15, 0.2) is 11.5 Å². The van der Waals surface area contributed by atoms with Crippen LogP contribution in [-0.4, -0.2) is 36.3 Å². The zero-order valence-corrected chi connectivity index (χ0v) is 20.3. The number of rotatable bonds is 9. The van der Waals surface area contributed by atoms with Crippen LogP contribution >= 0.6 is 23.4 Å². The van der Waals surface area contributed by atoms with Crippen LogP contribution < -0.4 is 14.2 Å². The van der Waals surface area contributed by atoms with Crippen molar-refractivity contribution in [2.75, 3.05) is 20.3 Å². The minimum Gasteiger partial charge on any atom is -0.493 e. The van der Waals surface area contributed by atoms with Crippen molar-refractivity contribution < 1.29 is 28.2 Å². The quantitative estimate of drug-likeness (QED) is 0.318. The molecule has 2 amide bonds. The van der Waals surface area contributed by atoms with Crippen molar-refractivity contribution in [1.29, 1.82) is 0 Å². The third-order valence-electron chi connectivity index (χ3n) is 5.02. The van der Waals surface area contributed by atoms with Gasteiger partial charge in [0.1, 0.15) is 24.8 Å². The Labute approximate surface area is 211 Å². The first-order valence-electron chi connectivity index (χ1n) is 10.6. The Hall–Kier alpha value is -3.49. The predicted octanol–water partition coefficient (Wildman–Crippen LogP) is 6.18. The molecular weight excluding hydrogens is 493 g/mol. The van der Waals surface area contributed by atoms with E-state index < -0.39 is 5.91 Å². The van der Waals surface area contributed by atoms with E-state index >= 15 is 0 Å². The third kappa shape index (κ3) is 6.15. The maximum Gasteiger partial charge on any atom is 0.293 e. The van der Waals surface area contributed by atoms with Crippen LogP contribution in [0.2, 0.25) is 5.02 Å². The summed E-state index contributed by atoms with van der Waals surface area (Å²) in [5.41, 5.74) is 1.20. The summed E-state index contributed by atoms with van der Waals surface area (Å²) in [4.78, 5) is 26.6. The highest BCUT2D eigenvalue weighted by Crippen LogP contribution is 2.39. The molecule has 1 aliphatic heterocycles. The zero-order valence-electron chi connectivity index (χ0n) is 18.7. The Bertz CT molecular complexity index is 1270. The largest absolute Gasteiger partial charge is 0.493 e. The Morgan fingerprint density at radius 1 is 1.03 bits per heavy atom. The number of benzene rings is 3. The molecule has 3 aromatic carbocycles. The number of imide groups is 1. The smallest absolute Gasteiger partial charge is 0.293 e. The average molecular weight is 514 g/mol. The second kappa shape index (κ2) is 11.3. The van der Waals surface area contributed by atoms with Gasteiger partial charge in [0, 0.05) is 0 Å². The lowest BCUT2D eigenvalue weighted by atomic mass is 10.1. The summed E-state index contributed by atoms with van der Waals surface area (Å²) >= 11 is 7.27. The molecule has 0 unspecified atom stereocenters. The minimum atomic E-state index is -0.404. The maximum atomic E-state index is 13.4. The van der Waals surface area contributed by atoms with Gasteiger partial charge in [-0.15, -0.1) is 0 Å². The monoisotopic (exact) mass is 513 g/mol. The third-order valence-corrected chi connectivity index (χ3v) is 6.21. The molecule has 4 rings (SSSR count). The molecule has 180 valence electrons. The number of amides is 2. The molecule has 0 aromatic heterocycles. The van der Waals surface area contributed by atoms with Crippen molar-refractivity contribution >= 4 is 40.6 Å². The first-order valence-corrected chi connectivity index (χ1v) is 11.8. The first kappa shape index (κ1) is 24.6. The normalized spacial score (nSPS) is 14.5. The van der Waals surface area contributed by atoms with Gasteiger partial charge >= 0.3 is 0 Å². The number of carbonyl (C=O) groups is 2. The number of nitrogens with zero attached hydrogens (tertiary/aromatic N) is 1. The molecule has 9 heteroatoms. The van der Waals surface area contributed by atoms with Crippen molar-refractivity contribution in [1.82, 2.24) is 4.90 Å². The number of hydrogen-bond acceptors (Lipinski definition) is 6. The summed E-state index contributed by atoms with van der Waals surface area (Å²) in [5.74, 6) is 0.534. The lowest BCUT2D eigenvalue weighted by molar-refractivity contribution is -0.123. The zero-order chi connectivity index (χ0) is 24.8. The summed E-state index contributed by atoms with van der Waals surface area (Å²) in [6, 6.07) is 18.5. The van der Waals surface area contributed by atoms with Crippen molar-refractivity contribution in [3.63, 3.8) is 0 Å². The van der Waals surface area contributed by atoms with Gasteiger partial charge in [-0.25, -0.2) is 4.39 Å². The molecule has 3 aromatic rings. The van der Waals surface area contributed by atoms with Crippen LogP contribution in [0.5, 0.6) is 17.2 Å². The number of halogens is 2. The fourth-order valence-electron chi connectivity index (χ4n) is 3.36. The van der Waals surface area contributed by atoms with Crippen LogP contribution in [0.15, 0.2) is 71.6 Å². The Morgan fingerprint density at radius 2 is 1.83 bits per heavy atom. The van der Waals surface area contributed by atoms with Gasteiger partial charge in [-0.05, 0) is 65.4 Å². The summed E-state index contributed by atoms with van der Waals surface area (Å²) in [6.07, 6.45) is 1.58. The molecule has 0 atom stereocenters. The second-order valence-electron chi connectivity index (χ2n) is 7.45.